The fourth-order valence-electron chi connectivity index (χ4n) is 1.35. The summed E-state index contributed by atoms with van der Waals surface area (Å²) in [5.74, 6) is 0.0752. The topological polar surface area (TPSA) is 17.1 Å². The zero-order valence-electron chi connectivity index (χ0n) is 7.68. The summed E-state index contributed by atoms with van der Waals surface area (Å²) in [4.78, 5) is 11.8. The zero-order valence-corrected chi connectivity index (χ0v) is 7.68. The van der Waals surface area contributed by atoms with Gasteiger partial charge >= 0.3 is 51.4 Å². The van der Waals surface area contributed by atoms with E-state index in [4.69, 9.17) is 0 Å². The fraction of sp³-hybridized carbons (Fsp3) is 0. The van der Waals surface area contributed by atoms with Crippen LogP contribution in [0.3, 0.4) is 0 Å². The van der Waals surface area contributed by atoms with Crippen molar-refractivity contribution in [3.05, 3.63) is 71.8 Å². The van der Waals surface area contributed by atoms with Gasteiger partial charge in [-0.15, -0.1) is 0 Å². The Hall–Kier alpha value is -0.254. The van der Waals surface area contributed by atoms with E-state index >= 15 is 0 Å². The molecule has 2 aromatic carbocycles. The molecule has 0 N–H and O–H groups in total. The maximum absolute atomic E-state index is 11.8. The Labute approximate surface area is 132 Å². The Balaban J connectivity index is 0.00000112. The first-order chi connectivity index (χ1) is 6.88. The summed E-state index contributed by atoms with van der Waals surface area (Å²) < 4.78 is 0. The van der Waals surface area contributed by atoms with Crippen LogP contribution in [-0.4, -0.2) is 57.2 Å². The number of benzene rings is 2. The molecule has 0 heterocycles. The summed E-state index contributed by atoms with van der Waals surface area (Å²) in [5, 5.41) is 0. The predicted octanol–water partition coefficient (Wildman–Crippen LogP) is 2.27. The van der Waals surface area contributed by atoms with E-state index < -0.39 is 0 Å². The van der Waals surface area contributed by atoms with Gasteiger partial charge in [-0.2, -0.15) is 0 Å². The van der Waals surface area contributed by atoms with Crippen LogP contribution in [-0.2, 0) is 0 Å². The fourth-order valence-corrected chi connectivity index (χ4v) is 1.35. The Morgan fingerprint density at radius 3 is 1.33 bits per heavy atom. The van der Waals surface area contributed by atoms with Gasteiger partial charge in [0.05, 0.1) is 0 Å². The molecule has 0 aromatic heterocycles. The molecule has 0 amide bonds. The number of carbonyl (C=O) groups excluding carboxylic acids is 1. The van der Waals surface area contributed by atoms with E-state index in [1.807, 2.05) is 60.7 Å². The van der Waals surface area contributed by atoms with Crippen molar-refractivity contribution in [2.75, 3.05) is 0 Å². The van der Waals surface area contributed by atoms with Crippen molar-refractivity contribution in [3.63, 3.8) is 0 Å². The average molecular weight is 222 g/mol. The van der Waals surface area contributed by atoms with E-state index in [1.54, 1.807) is 0 Å². The van der Waals surface area contributed by atoms with Gasteiger partial charge in [-0.3, -0.25) is 4.79 Å². The van der Waals surface area contributed by atoms with E-state index in [1.165, 1.54) is 0 Å². The second-order valence-electron chi connectivity index (χ2n) is 3.06. The number of ketones is 1. The van der Waals surface area contributed by atoms with Gasteiger partial charge in [0.2, 0.25) is 0 Å². The molecular formula is C13H11KO. The molecule has 0 radical (unpaired) electrons. The molecule has 15 heavy (non-hydrogen) atoms. The van der Waals surface area contributed by atoms with E-state index in [9.17, 15) is 4.79 Å². The molecule has 2 aromatic rings. The zero-order chi connectivity index (χ0) is 9.80. The molecule has 70 valence electrons. The van der Waals surface area contributed by atoms with Crippen LogP contribution in [0.15, 0.2) is 60.7 Å². The molecule has 0 saturated heterocycles. The minimum atomic E-state index is 0. The van der Waals surface area contributed by atoms with E-state index in [0.717, 1.165) is 11.1 Å². The Bertz CT molecular complexity index is 381. The maximum atomic E-state index is 11.8. The van der Waals surface area contributed by atoms with Gasteiger partial charge in [-0.1, -0.05) is 60.7 Å². The molecule has 0 fully saturated rings. The van der Waals surface area contributed by atoms with E-state index in [-0.39, 0.29) is 57.2 Å². The Morgan fingerprint density at radius 2 is 1.00 bits per heavy atom. The average Bonchev–Trinajstić information content (AvgIpc) is 2.30. The first-order valence-electron chi connectivity index (χ1n) is 4.53. The van der Waals surface area contributed by atoms with Crippen molar-refractivity contribution >= 4 is 57.2 Å². The molecule has 0 atom stereocenters. The monoisotopic (exact) mass is 222 g/mol. The van der Waals surface area contributed by atoms with Crippen LogP contribution < -0.4 is 0 Å². The molecule has 0 unspecified atom stereocenters. The molecule has 0 aliphatic carbocycles. The van der Waals surface area contributed by atoms with Gasteiger partial charge in [-0.05, 0) is 0 Å². The SMILES string of the molecule is O=C(c1ccccc1)c1ccccc1.[KH]. The molecule has 2 rings (SSSR count). The summed E-state index contributed by atoms with van der Waals surface area (Å²) in [6.07, 6.45) is 0. The predicted molar refractivity (Wildman–Crippen MR) is 63.5 cm³/mol. The molecular weight excluding hydrogens is 211 g/mol. The number of hydrogen-bond donors (Lipinski definition) is 0. The Morgan fingerprint density at radius 1 is 0.667 bits per heavy atom. The van der Waals surface area contributed by atoms with Crippen LogP contribution in [0.5, 0.6) is 0 Å². The van der Waals surface area contributed by atoms with Gasteiger partial charge in [0.1, 0.15) is 0 Å². The van der Waals surface area contributed by atoms with Crippen LogP contribution in [0.1, 0.15) is 15.9 Å². The quantitative estimate of drug-likeness (QED) is 0.563. The summed E-state index contributed by atoms with van der Waals surface area (Å²) in [7, 11) is 0. The van der Waals surface area contributed by atoms with Crippen LogP contribution in [0, 0.1) is 0 Å². The van der Waals surface area contributed by atoms with Crippen molar-refractivity contribution < 1.29 is 4.79 Å². The van der Waals surface area contributed by atoms with Gasteiger partial charge in [-0.25, -0.2) is 0 Å². The third-order valence-electron chi connectivity index (χ3n) is 2.07. The van der Waals surface area contributed by atoms with Crippen molar-refractivity contribution in [1.82, 2.24) is 0 Å². The van der Waals surface area contributed by atoms with Gasteiger partial charge in [0, 0.05) is 11.1 Å². The standard InChI is InChI=1S/C13H10O.K.H/c14-13(11-7-3-1-4-8-11)12-9-5-2-6-10-12;;/h1-10H;;. The van der Waals surface area contributed by atoms with Crippen molar-refractivity contribution in [1.29, 1.82) is 0 Å². The van der Waals surface area contributed by atoms with Crippen LogP contribution in [0.2, 0.25) is 0 Å². The second-order valence-corrected chi connectivity index (χ2v) is 3.06. The number of carbonyl (C=O) groups is 1. The molecule has 0 bridgehead atoms. The van der Waals surface area contributed by atoms with E-state index in [0.29, 0.717) is 0 Å². The van der Waals surface area contributed by atoms with Crippen LogP contribution in [0.25, 0.3) is 0 Å². The van der Waals surface area contributed by atoms with Crippen molar-refractivity contribution in [2.45, 2.75) is 0 Å². The first-order valence-corrected chi connectivity index (χ1v) is 4.53. The van der Waals surface area contributed by atoms with Gasteiger partial charge in [0.15, 0.2) is 5.78 Å². The van der Waals surface area contributed by atoms with Crippen molar-refractivity contribution in [2.24, 2.45) is 0 Å². The van der Waals surface area contributed by atoms with Crippen LogP contribution in [0.4, 0.5) is 0 Å². The van der Waals surface area contributed by atoms with Gasteiger partial charge in [0.25, 0.3) is 0 Å². The number of hydrogen-bond acceptors (Lipinski definition) is 1. The van der Waals surface area contributed by atoms with Gasteiger partial charge < -0.3 is 0 Å². The Kier molecular flexibility index (Phi) is 5.43. The minimum absolute atomic E-state index is 0. The van der Waals surface area contributed by atoms with E-state index in [2.05, 4.69) is 0 Å². The molecule has 0 spiro atoms. The molecule has 0 aliphatic heterocycles. The van der Waals surface area contributed by atoms with Crippen LogP contribution >= 0.6 is 0 Å². The third kappa shape index (κ3) is 3.36. The number of rotatable bonds is 2. The third-order valence-corrected chi connectivity index (χ3v) is 2.07. The first kappa shape index (κ1) is 12.8. The molecule has 0 aliphatic rings. The normalized spacial score (nSPS) is 9.07. The second kappa shape index (κ2) is 6.36. The summed E-state index contributed by atoms with van der Waals surface area (Å²) in [6, 6.07) is 18.6. The molecule has 1 nitrogen and oxygen atoms in total. The summed E-state index contributed by atoms with van der Waals surface area (Å²) >= 11 is 0. The van der Waals surface area contributed by atoms with Crippen molar-refractivity contribution in [3.8, 4) is 0 Å². The molecule has 0 saturated carbocycles. The molecule has 2 heteroatoms. The summed E-state index contributed by atoms with van der Waals surface area (Å²) in [5.41, 5.74) is 1.47. The summed E-state index contributed by atoms with van der Waals surface area (Å²) in [6.45, 7) is 0.